The molecule has 0 aliphatic carbocycles. The Bertz CT molecular complexity index is 748. The summed E-state index contributed by atoms with van der Waals surface area (Å²) in [6, 6.07) is 8.07. The minimum Gasteiger partial charge on any atom is -0.508 e. The van der Waals surface area contributed by atoms with Crippen LogP contribution in [0.15, 0.2) is 24.3 Å². The Morgan fingerprint density at radius 3 is 1.23 bits per heavy atom. The van der Waals surface area contributed by atoms with Crippen LogP contribution in [0.1, 0.15) is 87.8 Å². The van der Waals surface area contributed by atoms with E-state index in [1.54, 1.807) is 0 Å². The molecular formula is C24H34O2. The number of aryl methyl sites for hydroxylation is 2. The van der Waals surface area contributed by atoms with Crippen molar-refractivity contribution < 1.29 is 10.2 Å². The highest BCUT2D eigenvalue weighted by atomic mass is 16.3. The molecular weight excluding hydrogens is 320 g/mol. The van der Waals surface area contributed by atoms with E-state index in [2.05, 4.69) is 74.4 Å². The molecule has 0 heterocycles. The van der Waals surface area contributed by atoms with E-state index in [0.29, 0.717) is 11.5 Å². The predicted molar refractivity (Wildman–Crippen MR) is 111 cm³/mol. The fourth-order valence-corrected chi connectivity index (χ4v) is 3.72. The molecule has 0 unspecified atom stereocenters. The molecule has 2 nitrogen and oxygen atoms in total. The van der Waals surface area contributed by atoms with Crippen molar-refractivity contribution in [3.05, 3.63) is 57.6 Å². The molecule has 0 bridgehead atoms. The topological polar surface area (TPSA) is 40.5 Å². The first kappa shape index (κ1) is 20.4. The maximum absolute atomic E-state index is 10.4. The van der Waals surface area contributed by atoms with Crippen LogP contribution in [-0.4, -0.2) is 10.2 Å². The monoisotopic (exact) mass is 354 g/mol. The normalized spacial score (nSPS) is 12.7. The number of aromatic hydroxyl groups is 2. The fourth-order valence-electron chi connectivity index (χ4n) is 3.72. The van der Waals surface area contributed by atoms with Crippen LogP contribution in [0.5, 0.6) is 11.5 Å². The van der Waals surface area contributed by atoms with E-state index < -0.39 is 0 Å². The lowest BCUT2D eigenvalue weighted by atomic mass is 9.78. The third kappa shape index (κ3) is 3.90. The van der Waals surface area contributed by atoms with Gasteiger partial charge in [0.1, 0.15) is 11.5 Å². The minimum atomic E-state index is -0.118. The second-order valence-corrected chi connectivity index (χ2v) is 9.67. The quantitative estimate of drug-likeness (QED) is 0.649. The van der Waals surface area contributed by atoms with Crippen LogP contribution >= 0.6 is 0 Å². The van der Waals surface area contributed by atoms with Crippen molar-refractivity contribution in [3.8, 4) is 11.5 Å². The molecule has 0 atom stereocenters. The summed E-state index contributed by atoms with van der Waals surface area (Å²) in [5.74, 6) is 0.908. The van der Waals surface area contributed by atoms with Crippen molar-refractivity contribution in [2.45, 2.75) is 79.1 Å². The summed E-state index contributed by atoms with van der Waals surface area (Å²) >= 11 is 0. The lowest BCUT2D eigenvalue weighted by molar-refractivity contribution is 0.445. The van der Waals surface area contributed by atoms with Gasteiger partial charge in [-0.1, -0.05) is 60.6 Å². The van der Waals surface area contributed by atoms with Gasteiger partial charge in [0, 0.05) is 5.92 Å². The van der Waals surface area contributed by atoms with E-state index in [1.165, 1.54) is 11.1 Å². The molecule has 2 N–H and O–H groups in total. The van der Waals surface area contributed by atoms with Gasteiger partial charge in [0.2, 0.25) is 0 Å². The van der Waals surface area contributed by atoms with Gasteiger partial charge in [-0.05, 0) is 70.2 Å². The number of phenols is 2. The molecule has 0 amide bonds. The molecule has 0 fully saturated rings. The van der Waals surface area contributed by atoms with E-state index >= 15 is 0 Å². The van der Waals surface area contributed by atoms with Gasteiger partial charge in [-0.25, -0.2) is 0 Å². The first-order chi connectivity index (χ1) is 11.7. The summed E-state index contributed by atoms with van der Waals surface area (Å²) in [7, 11) is 0. The Hall–Kier alpha value is -1.96. The predicted octanol–water partition coefficient (Wildman–Crippen LogP) is 6.46. The minimum absolute atomic E-state index is 0.118. The highest BCUT2D eigenvalue weighted by molar-refractivity contribution is 5.52. The van der Waals surface area contributed by atoms with Crippen LogP contribution in [0.2, 0.25) is 0 Å². The van der Waals surface area contributed by atoms with E-state index in [4.69, 9.17) is 0 Å². The first-order valence-electron chi connectivity index (χ1n) is 9.41. The summed E-state index contributed by atoms with van der Waals surface area (Å²) in [6.45, 7) is 19.0. The summed E-state index contributed by atoms with van der Waals surface area (Å²) in [5.41, 5.74) is 6.33. The third-order valence-corrected chi connectivity index (χ3v) is 5.32. The highest BCUT2D eigenvalue weighted by Crippen LogP contribution is 2.40. The van der Waals surface area contributed by atoms with Crippen LogP contribution in [0, 0.1) is 13.8 Å². The van der Waals surface area contributed by atoms with Crippen molar-refractivity contribution in [1.29, 1.82) is 0 Å². The van der Waals surface area contributed by atoms with Gasteiger partial charge < -0.3 is 10.2 Å². The molecule has 2 aromatic carbocycles. The Kier molecular flexibility index (Phi) is 5.20. The van der Waals surface area contributed by atoms with Gasteiger partial charge in [-0.2, -0.15) is 0 Å². The summed E-state index contributed by atoms with van der Waals surface area (Å²) in [5, 5.41) is 20.8. The summed E-state index contributed by atoms with van der Waals surface area (Å²) in [6.07, 6.45) is 0. The Balaban J connectivity index is 2.65. The Morgan fingerprint density at radius 1 is 0.654 bits per heavy atom. The number of benzene rings is 2. The van der Waals surface area contributed by atoms with Crippen molar-refractivity contribution in [3.63, 3.8) is 0 Å². The molecule has 0 saturated carbocycles. The van der Waals surface area contributed by atoms with Crippen molar-refractivity contribution in [1.82, 2.24) is 0 Å². The second-order valence-electron chi connectivity index (χ2n) is 9.67. The maximum atomic E-state index is 10.4. The van der Waals surface area contributed by atoms with Crippen LogP contribution in [0.3, 0.4) is 0 Å². The molecule has 0 radical (unpaired) electrons. The molecule has 2 rings (SSSR count). The standard InChI is InChI=1S/C24H34O2/c1-14-10-21(25)19(23(4,5)6)12-17(14)16(3)18-13-20(24(7,8)9)22(26)11-15(18)2/h10-13,16,25-26H,1-9H3. The van der Waals surface area contributed by atoms with Gasteiger partial charge in [0.05, 0.1) is 0 Å². The Morgan fingerprint density at radius 2 is 0.962 bits per heavy atom. The van der Waals surface area contributed by atoms with E-state index in [0.717, 1.165) is 22.3 Å². The van der Waals surface area contributed by atoms with Crippen LogP contribution in [0.4, 0.5) is 0 Å². The van der Waals surface area contributed by atoms with Gasteiger partial charge in [0.15, 0.2) is 0 Å². The summed E-state index contributed by atoms with van der Waals surface area (Å²) in [4.78, 5) is 0. The number of rotatable bonds is 2. The number of phenolic OH excluding ortho intramolecular Hbond substituents is 2. The van der Waals surface area contributed by atoms with E-state index in [1.807, 2.05) is 12.1 Å². The molecule has 0 spiro atoms. The van der Waals surface area contributed by atoms with Gasteiger partial charge in [0.25, 0.3) is 0 Å². The average Bonchev–Trinajstić information content (AvgIpc) is 2.43. The average molecular weight is 355 g/mol. The van der Waals surface area contributed by atoms with Crippen LogP contribution in [-0.2, 0) is 10.8 Å². The Labute approximate surface area is 158 Å². The summed E-state index contributed by atoms with van der Waals surface area (Å²) < 4.78 is 0. The van der Waals surface area contributed by atoms with Crippen LogP contribution in [0.25, 0.3) is 0 Å². The molecule has 0 aliphatic heterocycles. The zero-order valence-corrected chi connectivity index (χ0v) is 17.8. The van der Waals surface area contributed by atoms with Crippen LogP contribution < -0.4 is 0 Å². The third-order valence-electron chi connectivity index (χ3n) is 5.32. The van der Waals surface area contributed by atoms with Gasteiger partial charge in [-0.3, -0.25) is 0 Å². The second kappa shape index (κ2) is 6.64. The maximum Gasteiger partial charge on any atom is 0.119 e. The van der Waals surface area contributed by atoms with Crippen molar-refractivity contribution in [2.24, 2.45) is 0 Å². The lowest BCUT2D eigenvalue weighted by Crippen LogP contribution is -2.15. The molecule has 26 heavy (non-hydrogen) atoms. The van der Waals surface area contributed by atoms with E-state index in [-0.39, 0.29) is 16.7 Å². The van der Waals surface area contributed by atoms with E-state index in [9.17, 15) is 10.2 Å². The smallest absolute Gasteiger partial charge is 0.119 e. The van der Waals surface area contributed by atoms with Crippen molar-refractivity contribution in [2.75, 3.05) is 0 Å². The molecule has 0 saturated heterocycles. The number of hydrogen-bond acceptors (Lipinski definition) is 2. The van der Waals surface area contributed by atoms with Gasteiger partial charge >= 0.3 is 0 Å². The zero-order chi connectivity index (χ0) is 20.0. The number of hydrogen-bond donors (Lipinski definition) is 2. The zero-order valence-electron chi connectivity index (χ0n) is 17.8. The largest absolute Gasteiger partial charge is 0.508 e. The molecule has 0 aliphatic rings. The highest BCUT2D eigenvalue weighted by Gasteiger charge is 2.25. The molecule has 2 aromatic rings. The molecule has 2 heteroatoms. The lowest BCUT2D eigenvalue weighted by Gasteiger charge is -2.27. The van der Waals surface area contributed by atoms with Crippen molar-refractivity contribution >= 4 is 0 Å². The SMILES string of the molecule is Cc1cc(O)c(C(C)(C)C)cc1C(C)c1cc(C(C)(C)C)c(O)cc1C. The fraction of sp³-hybridized carbons (Fsp3) is 0.500. The van der Waals surface area contributed by atoms with Gasteiger partial charge in [-0.15, -0.1) is 0 Å². The molecule has 142 valence electrons. The first-order valence-corrected chi connectivity index (χ1v) is 9.41. The molecule has 0 aromatic heterocycles.